The molecule has 29 heavy (non-hydrogen) atoms. The number of ether oxygens (including phenoxy) is 1. The molecule has 2 rings (SSSR count). The molecular formula is C22H43IN4O2. The van der Waals surface area contributed by atoms with Gasteiger partial charge in [-0.2, -0.15) is 0 Å². The van der Waals surface area contributed by atoms with Gasteiger partial charge in [-0.05, 0) is 50.4 Å². The Morgan fingerprint density at radius 2 is 1.79 bits per heavy atom. The Morgan fingerprint density at radius 3 is 2.41 bits per heavy atom. The third kappa shape index (κ3) is 9.85. The quantitative estimate of drug-likeness (QED) is 0.198. The van der Waals surface area contributed by atoms with Crippen LogP contribution in [0, 0.1) is 11.3 Å². The van der Waals surface area contributed by atoms with Crippen molar-refractivity contribution in [2.24, 2.45) is 16.3 Å². The predicted octanol–water partition coefficient (Wildman–Crippen LogP) is 3.80. The standard InChI is InChI=1S/C22H42N4O2.HI/c1-4-28-15-14-22(12-8-9-13-22)18-25-21(24-17-20(27)26(2)3)23-16-19-10-6-5-7-11-19;/h19H,4-18H2,1-3H3,(H2,23,24,25);1H. The molecule has 2 aliphatic rings. The number of halogens is 1. The summed E-state index contributed by atoms with van der Waals surface area (Å²) in [6.07, 6.45) is 12.8. The summed E-state index contributed by atoms with van der Waals surface area (Å²) in [7, 11) is 3.56. The lowest BCUT2D eigenvalue weighted by Gasteiger charge is -2.30. The van der Waals surface area contributed by atoms with Crippen molar-refractivity contribution < 1.29 is 9.53 Å². The van der Waals surface area contributed by atoms with Crippen LogP contribution in [0.2, 0.25) is 0 Å². The number of rotatable bonds is 10. The Morgan fingerprint density at radius 1 is 1.10 bits per heavy atom. The number of hydrogen-bond acceptors (Lipinski definition) is 3. The van der Waals surface area contributed by atoms with E-state index in [1.807, 2.05) is 0 Å². The molecule has 0 unspecified atom stereocenters. The van der Waals surface area contributed by atoms with Crippen LogP contribution in [0.15, 0.2) is 4.99 Å². The molecule has 6 nitrogen and oxygen atoms in total. The van der Waals surface area contributed by atoms with Gasteiger partial charge in [0.1, 0.15) is 6.54 Å². The molecule has 0 spiro atoms. The van der Waals surface area contributed by atoms with Crippen molar-refractivity contribution >= 4 is 35.8 Å². The average Bonchev–Trinajstić information content (AvgIpc) is 3.17. The smallest absolute Gasteiger partial charge is 0.243 e. The first-order chi connectivity index (χ1) is 13.5. The SMILES string of the molecule is CCOCCC1(CNC(=NCC(=O)N(C)C)NCC2CCCCC2)CCCC1.I. The molecule has 0 atom stereocenters. The molecule has 0 radical (unpaired) electrons. The highest BCUT2D eigenvalue weighted by atomic mass is 127. The molecule has 2 fully saturated rings. The van der Waals surface area contributed by atoms with E-state index in [2.05, 4.69) is 22.5 Å². The molecule has 0 aromatic heterocycles. The summed E-state index contributed by atoms with van der Waals surface area (Å²) in [6, 6.07) is 0. The van der Waals surface area contributed by atoms with Crippen molar-refractivity contribution in [2.75, 3.05) is 46.9 Å². The lowest BCUT2D eigenvalue weighted by molar-refractivity contribution is -0.127. The number of amides is 1. The van der Waals surface area contributed by atoms with Gasteiger partial charge in [-0.15, -0.1) is 24.0 Å². The molecule has 7 heteroatoms. The lowest BCUT2D eigenvalue weighted by atomic mass is 9.83. The Balaban J connectivity index is 0.00000420. The molecule has 170 valence electrons. The first kappa shape index (κ1) is 26.5. The van der Waals surface area contributed by atoms with Crippen molar-refractivity contribution in [3.05, 3.63) is 0 Å². The summed E-state index contributed by atoms with van der Waals surface area (Å²) >= 11 is 0. The third-order valence-electron chi connectivity index (χ3n) is 6.43. The van der Waals surface area contributed by atoms with E-state index in [0.717, 1.165) is 44.6 Å². The number of nitrogens with one attached hydrogen (secondary N) is 2. The Kier molecular flexibility index (Phi) is 13.2. The summed E-state index contributed by atoms with van der Waals surface area (Å²) < 4.78 is 5.64. The Labute approximate surface area is 195 Å². The number of aliphatic imine (C=N–C) groups is 1. The molecule has 0 heterocycles. The van der Waals surface area contributed by atoms with Gasteiger partial charge < -0.3 is 20.3 Å². The van der Waals surface area contributed by atoms with Crippen LogP contribution >= 0.6 is 24.0 Å². The molecule has 1 amide bonds. The van der Waals surface area contributed by atoms with E-state index in [-0.39, 0.29) is 36.4 Å². The molecule has 2 aliphatic carbocycles. The van der Waals surface area contributed by atoms with Crippen LogP contribution in [0.5, 0.6) is 0 Å². The highest BCUT2D eigenvalue weighted by Gasteiger charge is 2.33. The monoisotopic (exact) mass is 522 g/mol. The minimum Gasteiger partial charge on any atom is -0.382 e. The molecule has 0 aliphatic heterocycles. The van der Waals surface area contributed by atoms with Gasteiger partial charge in [-0.25, -0.2) is 4.99 Å². The first-order valence-electron chi connectivity index (χ1n) is 11.3. The zero-order valence-corrected chi connectivity index (χ0v) is 21.1. The van der Waals surface area contributed by atoms with E-state index in [1.165, 1.54) is 57.8 Å². The molecule has 2 N–H and O–H groups in total. The average molecular weight is 523 g/mol. The van der Waals surface area contributed by atoms with Crippen LogP contribution < -0.4 is 10.6 Å². The summed E-state index contributed by atoms with van der Waals surface area (Å²) in [5.74, 6) is 1.55. The lowest BCUT2D eigenvalue weighted by Crippen LogP contribution is -2.45. The van der Waals surface area contributed by atoms with Crippen molar-refractivity contribution in [2.45, 2.75) is 71.1 Å². The molecule has 2 saturated carbocycles. The number of hydrogen-bond donors (Lipinski definition) is 2. The van der Waals surface area contributed by atoms with Gasteiger partial charge in [0.25, 0.3) is 0 Å². The van der Waals surface area contributed by atoms with Crippen LogP contribution in [0.25, 0.3) is 0 Å². The second kappa shape index (κ2) is 14.4. The normalized spacial score (nSPS) is 19.5. The summed E-state index contributed by atoms with van der Waals surface area (Å²) in [4.78, 5) is 18.2. The third-order valence-corrected chi connectivity index (χ3v) is 6.43. The number of carbonyl (C=O) groups is 1. The number of nitrogens with zero attached hydrogens (tertiary/aromatic N) is 2. The van der Waals surface area contributed by atoms with Gasteiger partial charge in [0, 0.05) is 40.4 Å². The molecule has 0 saturated heterocycles. The topological polar surface area (TPSA) is 66.0 Å². The molecule has 0 aromatic carbocycles. The van der Waals surface area contributed by atoms with E-state index in [1.54, 1.807) is 19.0 Å². The van der Waals surface area contributed by atoms with Crippen LogP contribution in [0.3, 0.4) is 0 Å². The first-order valence-corrected chi connectivity index (χ1v) is 11.3. The van der Waals surface area contributed by atoms with E-state index in [4.69, 9.17) is 4.74 Å². The Hall–Kier alpha value is -0.570. The van der Waals surface area contributed by atoms with E-state index >= 15 is 0 Å². The van der Waals surface area contributed by atoms with Gasteiger partial charge in [-0.1, -0.05) is 32.1 Å². The van der Waals surface area contributed by atoms with Gasteiger partial charge in [-0.3, -0.25) is 4.79 Å². The van der Waals surface area contributed by atoms with Crippen molar-refractivity contribution in [3.8, 4) is 0 Å². The maximum absolute atomic E-state index is 12.0. The number of guanidine groups is 1. The summed E-state index contributed by atoms with van der Waals surface area (Å²) in [5, 5.41) is 7.10. The minimum atomic E-state index is 0. The van der Waals surface area contributed by atoms with E-state index in [0.29, 0.717) is 5.41 Å². The summed E-state index contributed by atoms with van der Waals surface area (Å²) in [6.45, 7) is 5.73. The van der Waals surface area contributed by atoms with Crippen molar-refractivity contribution in [3.63, 3.8) is 0 Å². The maximum atomic E-state index is 12.0. The van der Waals surface area contributed by atoms with Gasteiger partial charge >= 0.3 is 0 Å². The largest absolute Gasteiger partial charge is 0.382 e. The molecular weight excluding hydrogens is 479 g/mol. The molecule has 0 bridgehead atoms. The minimum absolute atomic E-state index is 0. The highest BCUT2D eigenvalue weighted by Crippen LogP contribution is 2.40. The zero-order chi connectivity index (χ0) is 20.2. The fourth-order valence-electron chi connectivity index (χ4n) is 4.44. The van der Waals surface area contributed by atoms with Crippen molar-refractivity contribution in [1.29, 1.82) is 0 Å². The summed E-state index contributed by atoms with van der Waals surface area (Å²) in [5.41, 5.74) is 0.300. The van der Waals surface area contributed by atoms with E-state index < -0.39 is 0 Å². The maximum Gasteiger partial charge on any atom is 0.243 e. The van der Waals surface area contributed by atoms with Gasteiger partial charge in [0.05, 0.1) is 0 Å². The molecule has 0 aromatic rings. The second-order valence-corrected chi connectivity index (χ2v) is 8.85. The van der Waals surface area contributed by atoms with Crippen LogP contribution in [-0.2, 0) is 9.53 Å². The Bertz CT molecular complexity index is 487. The van der Waals surface area contributed by atoms with E-state index in [9.17, 15) is 4.79 Å². The van der Waals surface area contributed by atoms with Gasteiger partial charge in [0.2, 0.25) is 5.91 Å². The van der Waals surface area contributed by atoms with Crippen LogP contribution in [0.4, 0.5) is 0 Å². The van der Waals surface area contributed by atoms with Crippen LogP contribution in [-0.4, -0.2) is 63.7 Å². The van der Waals surface area contributed by atoms with Crippen molar-refractivity contribution in [1.82, 2.24) is 15.5 Å². The highest BCUT2D eigenvalue weighted by molar-refractivity contribution is 14.0. The number of carbonyl (C=O) groups excluding carboxylic acids is 1. The fraction of sp³-hybridized carbons (Fsp3) is 0.909. The fourth-order valence-corrected chi connectivity index (χ4v) is 4.44. The second-order valence-electron chi connectivity index (χ2n) is 8.85. The zero-order valence-electron chi connectivity index (χ0n) is 18.8. The van der Waals surface area contributed by atoms with Crippen LogP contribution in [0.1, 0.15) is 71.1 Å². The predicted molar refractivity (Wildman–Crippen MR) is 131 cm³/mol. The number of likely N-dealkylation sites (N-methyl/N-ethyl adjacent to an activating group) is 1. The van der Waals surface area contributed by atoms with Gasteiger partial charge in [0.15, 0.2) is 5.96 Å².